The minimum Gasteiger partial charge on any atom is -0.369 e. The maximum atomic E-state index is 10.3. The van der Waals surface area contributed by atoms with Crippen molar-refractivity contribution in [2.75, 3.05) is 0 Å². The van der Waals surface area contributed by atoms with Gasteiger partial charge in [-0.2, -0.15) is 0 Å². The average Bonchev–Trinajstić information content (AvgIpc) is 1.62. The van der Waals surface area contributed by atoms with E-state index in [9.17, 15) is 14.4 Å². The number of rotatable bonds is 1. The summed E-state index contributed by atoms with van der Waals surface area (Å²) in [6, 6.07) is 0. The number of thioether (sulfide) groups is 1. The van der Waals surface area contributed by atoms with Gasteiger partial charge in [-0.05, 0) is 11.8 Å². The molecule has 1 amide bonds. The first-order valence-corrected chi connectivity index (χ1v) is 2.99. The summed E-state index contributed by atoms with van der Waals surface area (Å²) >= 11 is 0.541. The van der Waals surface area contributed by atoms with Crippen LogP contribution in [-0.4, -0.2) is 16.1 Å². The average molecular weight is 145 g/mol. The summed E-state index contributed by atoms with van der Waals surface area (Å²) in [5.74, 6) is -2.00. The first kappa shape index (κ1) is 6.28. The lowest BCUT2D eigenvalue weighted by Crippen LogP contribution is -2.41. The topological polar surface area (TPSA) is 77.2 Å². The second-order valence-electron chi connectivity index (χ2n) is 1.58. The van der Waals surface area contributed by atoms with Crippen molar-refractivity contribution in [1.29, 1.82) is 0 Å². The van der Waals surface area contributed by atoms with Gasteiger partial charge >= 0.3 is 0 Å². The number of primary amides is 1. The van der Waals surface area contributed by atoms with E-state index >= 15 is 0 Å². The first-order chi connectivity index (χ1) is 4.13. The van der Waals surface area contributed by atoms with Crippen molar-refractivity contribution in [2.45, 2.75) is 0 Å². The summed E-state index contributed by atoms with van der Waals surface area (Å²) in [5, 5.41) is -0.875. The van der Waals surface area contributed by atoms with E-state index in [-0.39, 0.29) is 0 Å². The fraction of sp³-hybridized carbons (Fsp3) is 0.250. The lowest BCUT2D eigenvalue weighted by molar-refractivity contribution is -0.135. The molecule has 2 N–H and O–H groups in total. The van der Waals surface area contributed by atoms with Gasteiger partial charge in [-0.1, -0.05) is 0 Å². The molecule has 0 bridgehead atoms. The summed E-state index contributed by atoms with van der Waals surface area (Å²) in [6.45, 7) is 0. The van der Waals surface area contributed by atoms with E-state index in [1.807, 2.05) is 0 Å². The summed E-state index contributed by atoms with van der Waals surface area (Å²) in [5.41, 5.74) is 4.68. The van der Waals surface area contributed by atoms with Gasteiger partial charge in [-0.25, -0.2) is 0 Å². The molecule has 0 aromatic rings. The Kier molecular flexibility index (Phi) is 1.28. The fourth-order valence-electron chi connectivity index (χ4n) is 0.487. The van der Waals surface area contributed by atoms with Gasteiger partial charge in [0.1, 0.15) is 0 Å². The summed E-state index contributed by atoms with van der Waals surface area (Å²) < 4.78 is 0. The zero-order valence-corrected chi connectivity index (χ0v) is 5.10. The van der Waals surface area contributed by atoms with Crippen molar-refractivity contribution in [3.8, 4) is 0 Å². The number of amides is 1. The Bertz CT molecular complexity index is 175. The van der Waals surface area contributed by atoms with Crippen molar-refractivity contribution in [3.63, 3.8) is 0 Å². The van der Waals surface area contributed by atoms with Crippen molar-refractivity contribution < 1.29 is 14.4 Å². The quantitative estimate of drug-likeness (QED) is 0.474. The van der Waals surface area contributed by atoms with Crippen LogP contribution in [0.15, 0.2) is 0 Å². The molecular weight excluding hydrogens is 142 g/mol. The maximum Gasteiger partial charge on any atom is 0.237 e. The maximum absolute atomic E-state index is 10.3. The number of hydrogen-bond donors (Lipinski definition) is 1. The standard InChI is InChI=1S/C4H3NO3S/c5-2(6)1-3(7)9-4(1)8/h1H,(H2,5,6). The van der Waals surface area contributed by atoms with Crippen LogP contribution in [0.5, 0.6) is 0 Å². The molecule has 0 aromatic heterocycles. The normalized spacial score (nSPS) is 19.6. The molecule has 1 aliphatic heterocycles. The number of carbonyl (C=O) groups is 3. The van der Waals surface area contributed by atoms with Crippen molar-refractivity contribution in [1.82, 2.24) is 0 Å². The molecule has 0 atom stereocenters. The van der Waals surface area contributed by atoms with E-state index in [2.05, 4.69) is 5.73 Å². The lowest BCUT2D eigenvalue weighted by Gasteiger charge is -2.16. The summed E-state index contributed by atoms with van der Waals surface area (Å²) in [6.07, 6.45) is 0. The largest absolute Gasteiger partial charge is 0.369 e. The van der Waals surface area contributed by atoms with E-state index < -0.39 is 22.1 Å². The van der Waals surface area contributed by atoms with Crippen LogP contribution in [0.2, 0.25) is 0 Å². The fourth-order valence-corrected chi connectivity index (χ4v) is 1.18. The predicted molar refractivity (Wildman–Crippen MR) is 30.3 cm³/mol. The Morgan fingerprint density at radius 1 is 1.44 bits per heavy atom. The summed E-state index contributed by atoms with van der Waals surface area (Å²) in [7, 11) is 0. The third-order valence-corrected chi connectivity index (χ3v) is 1.83. The van der Waals surface area contributed by atoms with Crippen LogP contribution in [0.3, 0.4) is 0 Å². The van der Waals surface area contributed by atoms with Crippen LogP contribution in [-0.2, 0) is 14.4 Å². The molecule has 5 heteroatoms. The highest BCUT2D eigenvalue weighted by Crippen LogP contribution is 2.28. The molecule has 0 aliphatic carbocycles. The molecule has 1 fully saturated rings. The zero-order valence-electron chi connectivity index (χ0n) is 4.29. The van der Waals surface area contributed by atoms with Gasteiger partial charge in [0.15, 0.2) is 5.92 Å². The lowest BCUT2D eigenvalue weighted by atomic mass is 10.2. The first-order valence-electron chi connectivity index (χ1n) is 2.18. The van der Waals surface area contributed by atoms with Crippen LogP contribution in [0.1, 0.15) is 0 Å². The third-order valence-electron chi connectivity index (χ3n) is 0.957. The SMILES string of the molecule is NC(=O)C1C(=O)SC1=O. The number of hydrogen-bond acceptors (Lipinski definition) is 4. The van der Waals surface area contributed by atoms with E-state index in [0.717, 1.165) is 0 Å². The van der Waals surface area contributed by atoms with Gasteiger partial charge in [0.05, 0.1) is 0 Å². The van der Waals surface area contributed by atoms with Crippen molar-refractivity contribution in [2.24, 2.45) is 11.7 Å². The Morgan fingerprint density at radius 2 is 1.89 bits per heavy atom. The van der Waals surface area contributed by atoms with Crippen LogP contribution in [0.25, 0.3) is 0 Å². The molecule has 48 valence electrons. The smallest absolute Gasteiger partial charge is 0.237 e. The Hall–Kier alpha value is -0.840. The highest BCUT2D eigenvalue weighted by molar-refractivity contribution is 8.29. The van der Waals surface area contributed by atoms with Crippen LogP contribution < -0.4 is 5.73 Å². The van der Waals surface area contributed by atoms with E-state index in [0.29, 0.717) is 11.8 Å². The molecule has 4 nitrogen and oxygen atoms in total. The molecule has 9 heavy (non-hydrogen) atoms. The number of carbonyl (C=O) groups excluding carboxylic acids is 3. The van der Waals surface area contributed by atoms with Gasteiger partial charge in [0.25, 0.3) is 0 Å². The van der Waals surface area contributed by atoms with Gasteiger partial charge in [-0.3, -0.25) is 14.4 Å². The van der Waals surface area contributed by atoms with Crippen LogP contribution in [0.4, 0.5) is 0 Å². The van der Waals surface area contributed by atoms with Crippen molar-refractivity contribution in [3.05, 3.63) is 0 Å². The molecule has 0 spiro atoms. The van der Waals surface area contributed by atoms with Gasteiger partial charge in [-0.15, -0.1) is 0 Å². The van der Waals surface area contributed by atoms with E-state index in [1.54, 1.807) is 0 Å². The van der Waals surface area contributed by atoms with Gasteiger partial charge < -0.3 is 5.73 Å². The van der Waals surface area contributed by atoms with Crippen molar-refractivity contribution >= 4 is 27.9 Å². The molecular formula is C4H3NO3S. The van der Waals surface area contributed by atoms with Gasteiger partial charge in [0.2, 0.25) is 16.1 Å². The van der Waals surface area contributed by atoms with E-state index in [1.165, 1.54) is 0 Å². The Labute approximate surface area is 54.8 Å². The molecule has 0 aromatic carbocycles. The highest BCUT2D eigenvalue weighted by Gasteiger charge is 2.43. The molecule has 1 aliphatic rings. The van der Waals surface area contributed by atoms with Gasteiger partial charge in [0, 0.05) is 0 Å². The Balaban J connectivity index is 2.70. The number of nitrogens with two attached hydrogens (primary N) is 1. The second-order valence-corrected chi connectivity index (χ2v) is 2.58. The molecule has 1 heterocycles. The van der Waals surface area contributed by atoms with Crippen LogP contribution >= 0.6 is 11.8 Å². The molecule has 1 rings (SSSR count). The zero-order chi connectivity index (χ0) is 7.02. The minimum absolute atomic E-state index is 0.437. The Morgan fingerprint density at radius 3 is 2.00 bits per heavy atom. The predicted octanol–water partition coefficient (Wildman–Crippen LogP) is -1.11. The molecule has 0 radical (unpaired) electrons. The van der Waals surface area contributed by atoms with Crippen LogP contribution in [0, 0.1) is 5.92 Å². The second kappa shape index (κ2) is 1.84. The van der Waals surface area contributed by atoms with E-state index in [4.69, 9.17) is 0 Å². The third kappa shape index (κ3) is 0.829. The molecule has 0 unspecified atom stereocenters. The monoisotopic (exact) mass is 145 g/mol. The molecule has 1 saturated heterocycles. The minimum atomic E-state index is -1.16. The summed E-state index contributed by atoms with van der Waals surface area (Å²) in [4.78, 5) is 30.8. The highest BCUT2D eigenvalue weighted by atomic mass is 32.2. The molecule has 0 saturated carbocycles.